The Morgan fingerprint density at radius 3 is 2.54 bits per heavy atom. The Bertz CT molecular complexity index is 1900. The maximum atomic E-state index is 13.9. The van der Waals surface area contributed by atoms with Gasteiger partial charge in [-0.1, -0.05) is 63.7 Å². The van der Waals surface area contributed by atoms with Crippen molar-refractivity contribution in [1.29, 1.82) is 0 Å². The molecule has 0 fully saturated rings. The molecule has 1 atom stereocenters. The number of esters is 1. The molecule has 1 aliphatic rings. The number of thiazole rings is 1. The molecule has 7 nitrogen and oxygen atoms in total. The zero-order valence-corrected chi connectivity index (χ0v) is 24.1. The van der Waals surface area contributed by atoms with Crippen molar-refractivity contribution in [3.05, 3.63) is 124 Å². The van der Waals surface area contributed by atoms with Crippen LogP contribution in [0.2, 0.25) is 0 Å². The van der Waals surface area contributed by atoms with Gasteiger partial charge in [0.05, 0.1) is 34.3 Å². The fourth-order valence-electron chi connectivity index (χ4n) is 4.59. The van der Waals surface area contributed by atoms with E-state index in [-0.39, 0.29) is 5.56 Å². The number of halogens is 1. The van der Waals surface area contributed by atoms with Gasteiger partial charge in [0.15, 0.2) is 4.80 Å². The maximum Gasteiger partial charge on any atom is 0.338 e. The van der Waals surface area contributed by atoms with Crippen molar-refractivity contribution in [3.8, 4) is 16.9 Å². The molecule has 6 rings (SSSR count). The van der Waals surface area contributed by atoms with Gasteiger partial charge in [0.2, 0.25) is 0 Å². The van der Waals surface area contributed by atoms with Crippen molar-refractivity contribution in [1.82, 2.24) is 14.3 Å². The van der Waals surface area contributed by atoms with Crippen molar-refractivity contribution in [2.75, 3.05) is 7.11 Å². The van der Waals surface area contributed by atoms with Gasteiger partial charge in [-0.25, -0.2) is 14.5 Å². The standard InChI is InChI=1S/C29H21BrN4O3S2/c1-17-24(28(36)37-2)26(22-9-6-14-38-22)34-27(35)23(39-29(34)31-17)15-19-16-33(21-7-4-3-5-8-21)32-25(19)18-10-12-20(30)13-11-18/h3-16,26H,1-2H3/b23-15+/t26-/m1/s1. The average molecular weight is 618 g/mol. The third-order valence-corrected chi connectivity index (χ3v) is 8.84. The molecule has 0 bridgehead atoms. The molecule has 0 N–H and O–H groups in total. The summed E-state index contributed by atoms with van der Waals surface area (Å²) < 4.78 is 9.96. The van der Waals surface area contributed by atoms with Gasteiger partial charge in [-0.3, -0.25) is 9.36 Å². The molecule has 0 spiro atoms. The van der Waals surface area contributed by atoms with E-state index in [2.05, 4.69) is 20.9 Å². The van der Waals surface area contributed by atoms with Gasteiger partial charge < -0.3 is 4.74 Å². The summed E-state index contributed by atoms with van der Waals surface area (Å²) in [6.45, 7) is 1.78. The summed E-state index contributed by atoms with van der Waals surface area (Å²) in [4.78, 5) is 32.8. The molecule has 0 aliphatic carbocycles. The molecule has 1 aliphatic heterocycles. The lowest BCUT2D eigenvalue weighted by molar-refractivity contribution is -0.136. The highest BCUT2D eigenvalue weighted by Crippen LogP contribution is 2.33. The first kappa shape index (κ1) is 25.4. The predicted molar refractivity (Wildman–Crippen MR) is 157 cm³/mol. The Hall–Kier alpha value is -3.86. The number of rotatable bonds is 5. The fraction of sp³-hybridized carbons (Fsp3) is 0.103. The summed E-state index contributed by atoms with van der Waals surface area (Å²) in [5.41, 5.74) is 4.06. The molecule has 0 radical (unpaired) electrons. The summed E-state index contributed by atoms with van der Waals surface area (Å²) in [7, 11) is 1.34. The lowest BCUT2D eigenvalue weighted by atomic mass is 10.0. The number of nitrogens with zero attached hydrogens (tertiary/aromatic N) is 4. The van der Waals surface area contributed by atoms with Crippen molar-refractivity contribution in [2.24, 2.45) is 4.99 Å². The number of para-hydroxylation sites is 1. The van der Waals surface area contributed by atoms with E-state index in [1.165, 1.54) is 29.8 Å². The number of benzene rings is 2. The lowest BCUT2D eigenvalue weighted by Crippen LogP contribution is -2.39. The van der Waals surface area contributed by atoms with E-state index >= 15 is 0 Å². The second kappa shape index (κ2) is 10.4. The first-order valence-corrected chi connectivity index (χ1v) is 14.5. The van der Waals surface area contributed by atoms with Crippen LogP contribution in [0.3, 0.4) is 0 Å². The van der Waals surface area contributed by atoms with E-state index in [4.69, 9.17) is 9.84 Å². The first-order valence-electron chi connectivity index (χ1n) is 12.0. The number of thiophene rings is 1. The number of carbonyl (C=O) groups excluding carboxylic acids is 1. The van der Waals surface area contributed by atoms with E-state index in [0.29, 0.717) is 20.6 Å². The van der Waals surface area contributed by atoms with E-state index in [9.17, 15) is 9.59 Å². The van der Waals surface area contributed by atoms with Crippen LogP contribution < -0.4 is 14.9 Å². The van der Waals surface area contributed by atoms with Crippen molar-refractivity contribution < 1.29 is 9.53 Å². The van der Waals surface area contributed by atoms with Crippen LogP contribution in [-0.2, 0) is 9.53 Å². The molecule has 0 saturated heterocycles. The number of allylic oxidation sites excluding steroid dienone is 1. The minimum atomic E-state index is -0.603. The molecule has 5 aromatic rings. The van der Waals surface area contributed by atoms with Gasteiger partial charge in [0.25, 0.3) is 5.56 Å². The maximum absolute atomic E-state index is 13.9. The minimum absolute atomic E-state index is 0.222. The summed E-state index contributed by atoms with van der Waals surface area (Å²) in [6, 6.07) is 21.0. The highest BCUT2D eigenvalue weighted by atomic mass is 79.9. The molecule has 10 heteroatoms. The molecule has 0 saturated carbocycles. The zero-order chi connectivity index (χ0) is 27.1. The van der Waals surface area contributed by atoms with E-state index < -0.39 is 12.0 Å². The predicted octanol–water partition coefficient (Wildman–Crippen LogP) is 5.08. The van der Waals surface area contributed by atoms with E-state index in [1.807, 2.05) is 89.1 Å². The van der Waals surface area contributed by atoms with E-state index in [1.54, 1.807) is 11.5 Å². The third-order valence-electron chi connectivity index (χ3n) is 6.41. The number of ether oxygens (including phenoxy) is 1. The number of fused-ring (bicyclic) bond motifs is 1. The Morgan fingerprint density at radius 1 is 1.08 bits per heavy atom. The van der Waals surface area contributed by atoms with Gasteiger partial charge in [-0.15, -0.1) is 11.3 Å². The van der Waals surface area contributed by atoms with Crippen LogP contribution in [0.25, 0.3) is 23.0 Å². The molecular weight excluding hydrogens is 596 g/mol. The van der Waals surface area contributed by atoms with Crippen LogP contribution in [-0.4, -0.2) is 27.4 Å². The smallest absolute Gasteiger partial charge is 0.338 e. The van der Waals surface area contributed by atoms with Crippen LogP contribution >= 0.6 is 38.6 Å². The third kappa shape index (κ3) is 4.64. The number of methoxy groups -OCH3 is 1. The molecule has 4 heterocycles. The monoisotopic (exact) mass is 616 g/mol. The highest BCUT2D eigenvalue weighted by molar-refractivity contribution is 9.10. The van der Waals surface area contributed by atoms with Crippen LogP contribution in [0.4, 0.5) is 0 Å². The topological polar surface area (TPSA) is 78.5 Å². The molecule has 2 aromatic carbocycles. The zero-order valence-electron chi connectivity index (χ0n) is 20.9. The Balaban J connectivity index is 1.56. The SMILES string of the molecule is COC(=O)C1=C(C)N=c2s/c(=C/c3cn(-c4ccccc4)nc3-c3ccc(Br)cc3)c(=O)n2[C@@H]1c1cccs1. The van der Waals surface area contributed by atoms with Gasteiger partial charge in [-0.05, 0) is 48.7 Å². The normalized spacial score (nSPS) is 15.3. The van der Waals surface area contributed by atoms with E-state index in [0.717, 1.165) is 31.9 Å². The molecule has 39 heavy (non-hydrogen) atoms. The van der Waals surface area contributed by atoms with Gasteiger partial charge in [-0.2, -0.15) is 5.10 Å². The molecule has 0 unspecified atom stereocenters. The molecule has 0 amide bonds. The minimum Gasteiger partial charge on any atom is -0.466 e. The highest BCUT2D eigenvalue weighted by Gasteiger charge is 2.33. The van der Waals surface area contributed by atoms with Crippen LogP contribution in [0.5, 0.6) is 0 Å². The molecule has 3 aromatic heterocycles. The Labute approximate surface area is 239 Å². The average Bonchev–Trinajstić information content (AvgIpc) is 3.69. The van der Waals surface area contributed by atoms with Crippen molar-refractivity contribution in [3.63, 3.8) is 0 Å². The Morgan fingerprint density at radius 2 is 1.85 bits per heavy atom. The van der Waals surface area contributed by atoms with Crippen molar-refractivity contribution >= 4 is 50.6 Å². The van der Waals surface area contributed by atoms with Crippen LogP contribution in [0.1, 0.15) is 23.4 Å². The van der Waals surface area contributed by atoms with Crippen molar-refractivity contribution in [2.45, 2.75) is 13.0 Å². The Kier molecular flexibility index (Phi) is 6.76. The summed E-state index contributed by atoms with van der Waals surface area (Å²) >= 11 is 6.28. The fourth-order valence-corrected chi connectivity index (χ4v) is 6.71. The number of aromatic nitrogens is 3. The second-order valence-corrected chi connectivity index (χ2v) is 11.7. The lowest BCUT2D eigenvalue weighted by Gasteiger charge is -2.22. The van der Waals surface area contributed by atoms with Crippen LogP contribution in [0, 0.1) is 0 Å². The van der Waals surface area contributed by atoms with Crippen LogP contribution in [0.15, 0.2) is 104 Å². The molecule has 194 valence electrons. The first-order chi connectivity index (χ1) is 18.9. The quantitative estimate of drug-likeness (QED) is 0.258. The number of hydrogen-bond acceptors (Lipinski definition) is 7. The molecular formula is C29H21BrN4O3S2. The van der Waals surface area contributed by atoms with Gasteiger partial charge in [0, 0.05) is 26.7 Å². The van der Waals surface area contributed by atoms with Gasteiger partial charge in [0.1, 0.15) is 6.04 Å². The number of carbonyl (C=O) groups is 1. The second-order valence-electron chi connectivity index (χ2n) is 8.81. The largest absolute Gasteiger partial charge is 0.466 e. The van der Waals surface area contributed by atoms with Gasteiger partial charge >= 0.3 is 5.97 Å². The summed E-state index contributed by atoms with van der Waals surface area (Å²) in [6.07, 6.45) is 3.78. The summed E-state index contributed by atoms with van der Waals surface area (Å²) in [5.74, 6) is -0.495. The number of hydrogen-bond donors (Lipinski definition) is 0. The summed E-state index contributed by atoms with van der Waals surface area (Å²) in [5, 5.41) is 6.81.